The molecule has 0 saturated heterocycles. The number of hydrogen-bond acceptors (Lipinski definition) is 5. The van der Waals surface area contributed by atoms with Crippen molar-refractivity contribution in [1.29, 1.82) is 0 Å². The summed E-state index contributed by atoms with van der Waals surface area (Å²) in [4.78, 5) is 5.38. The van der Waals surface area contributed by atoms with Crippen LogP contribution in [0.2, 0.25) is 0 Å². The van der Waals surface area contributed by atoms with E-state index >= 15 is 0 Å². The van der Waals surface area contributed by atoms with Gasteiger partial charge in [0, 0.05) is 22.5 Å². The molecule has 0 atom stereocenters. The highest BCUT2D eigenvalue weighted by atomic mass is 32.1. The molecule has 2 N–H and O–H groups in total. The van der Waals surface area contributed by atoms with E-state index in [0.29, 0.717) is 5.56 Å². The van der Waals surface area contributed by atoms with Crippen LogP contribution in [0.5, 0.6) is 11.5 Å². The molecule has 0 saturated carbocycles. The molecule has 6 heteroatoms. The van der Waals surface area contributed by atoms with E-state index in [9.17, 15) is 10.2 Å². The Morgan fingerprint density at radius 2 is 1.80 bits per heavy atom. The molecule has 0 bridgehead atoms. The molecule has 3 rings (SSSR count). The lowest BCUT2D eigenvalue weighted by molar-refractivity contribution is 0.403. The molecule has 0 unspecified atom stereocenters. The third kappa shape index (κ3) is 3.80. The summed E-state index contributed by atoms with van der Waals surface area (Å²) in [7, 11) is 0. The normalized spacial score (nSPS) is 12.4. The third-order valence-electron chi connectivity index (χ3n) is 3.48. The van der Waals surface area contributed by atoms with Crippen molar-refractivity contribution in [2.45, 2.75) is 19.9 Å². The number of para-hydroxylation sites is 1. The first-order chi connectivity index (χ1) is 12.1. The zero-order chi connectivity index (χ0) is 17.8. The largest absolute Gasteiger partial charge is 0.504 e. The van der Waals surface area contributed by atoms with Gasteiger partial charge in [-0.2, -0.15) is 5.10 Å². The summed E-state index contributed by atoms with van der Waals surface area (Å²) in [6.45, 7) is 4.02. The SMILES string of the molecule is CC(C)N=c1scc(-c2ccccc2)n1N=Cc1cccc(O)c1O. The maximum atomic E-state index is 9.96. The third-order valence-corrected chi connectivity index (χ3v) is 4.31. The topological polar surface area (TPSA) is 70.1 Å². The van der Waals surface area contributed by atoms with Gasteiger partial charge in [0.25, 0.3) is 0 Å². The molecule has 0 aliphatic carbocycles. The summed E-state index contributed by atoms with van der Waals surface area (Å²) in [5.41, 5.74) is 2.38. The molecule has 5 nitrogen and oxygen atoms in total. The lowest BCUT2D eigenvalue weighted by atomic mass is 10.2. The number of phenols is 2. The van der Waals surface area contributed by atoms with Crippen molar-refractivity contribution in [3.05, 3.63) is 64.3 Å². The van der Waals surface area contributed by atoms with Gasteiger partial charge in [0.1, 0.15) is 0 Å². The van der Waals surface area contributed by atoms with E-state index in [1.165, 1.54) is 23.6 Å². The maximum absolute atomic E-state index is 9.96. The van der Waals surface area contributed by atoms with Gasteiger partial charge in [-0.3, -0.25) is 4.99 Å². The first kappa shape index (κ1) is 17.0. The van der Waals surface area contributed by atoms with Crippen molar-refractivity contribution in [2.24, 2.45) is 10.1 Å². The Morgan fingerprint density at radius 3 is 2.52 bits per heavy atom. The van der Waals surface area contributed by atoms with Gasteiger partial charge in [-0.1, -0.05) is 36.4 Å². The lowest BCUT2D eigenvalue weighted by Gasteiger charge is -2.05. The highest BCUT2D eigenvalue weighted by Crippen LogP contribution is 2.27. The smallest absolute Gasteiger partial charge is 0.206 e. The zero-order valence-corrected chi connectivity index (χ0v) is 14.8. The van der Waals surface area contributed by atoms with Gasteiger partial charge in [0.15, 0.2) is 11.5 Å². The van der Waals surface area contributed by atoms with E-state index < -0.39 is 0 Å². The van der Waals surface area contributed by atoms with Gasteiger partial charge >= 0.3 is 0 Å². The molecule has 3 aromatic rings. The van der Waals surface area contributed by atoms with Crippen molar-refractivity contribution >= 4 is 17.6 Å². The summed E-state index contributed by atoms with van der Waals surface area (Å²) in [6.07, 6.45) is 1.52. The van der Waals surface area contributed by atoms with Crippen LogP contribution in [0.3, 0.4) is 0 Å². The average molecular weight is 353 g/mol. The van der Waals surface area contributed by atoms with Gasteiger partial charge in [-0.05, 0) is 26.0 Å². The van der Waals surface area contributed by atoms with E-state index in [1.54, 1.807) is 16.8 Å². The molecule has 1 aromatic heterocycles. The Labute approximate surface area is 149 Å². The second-order valence-electron chi connectivity index (χ2n) is 5.76. The fourth-order valence-corrected chi connectivity index (χ4v) is 3.27. The first-order valence-corrected chi connectivity index (χ1v) is 8.79. The Bertz CT molecular complexity index is 956. The van der Waals surface area contributed by atoms with Crippen LogP contribution < -0.4 is 4.80 Å². The predicted octanol–water partition coefficient (Wildman–Crippen LogP) is 3.82. The van der Waals surface area contributed by atoms with Crippen LogP contribution in [0.25, 0.3) is 11.3 Å². The molecule has 1 heterocycles. The fourth-order valence-electron chi connectivity index (χ4n) is 2.30. The molecule has 2 aromatic carbocycles. The summed E-state index contributed by atoms with van der Waals surface area (Å²) in [5, 5.41) is 26.1. The number of benzene rings is 2. The number of aromatic nitrogens is 1. The highest BCUT2D eigenvalue weighted by Gasteiger charge is 2.08. The van der Waals surface area contributed by atoms with Crippen LogP contribution in [0.1, 0.15) is 19.4 Å². The van der Waals surface area contributed by atoms with E-state index in [2.05, 4.69) is 10.1 Å². The minimum Gasteiger partial charge on any atom is -0.504 e. The molecule has 0 aliphatic heterocycles. The second-order valence-corrected chi connectivity index (χ2v) is 6.60. The quantitative estimate of drug-likeness (QED) is 0.553. The Morgan fingerprint density at radius 1 is 1.04 bits per heavy atom. The highest BCUT2D eigenvalue weighted by molar-refractivity contribution is 7.07. The van der Waals surface area contributed by atoms with E-state index in [4.69, 9.17) is 0 Å². The molecular formula is C19H19N3O2S. The number of thiazole rings is 1. The predicted molar refractivity (Wildman–Crippen MR) is 101 cm³/mol. The lowest BCUT2D eigenvalue weighted by Crippen LogP contribution is -2.14. The van der Waals surface area contributed by atoms with Crippen LogP contribution in [-0.2, 0) is 0 Å². The monoisotopic (exact) mass is 353 g/mol. The van der Waals surface area contributed by atoms with Crippen LogP contribution in [0, 0.1) is 0 Å². The average Bonchev–Trinajstić information content (AvgIpc) is 2.99. The Kier molecular flexibility index (Phi) is 5.00. The number of rotatable bonds is 4. The molecule has 128 valence electrons. The molecule has 0 aliphatic rings. The summed E-state index contributed by atoms with van der Waals surface area (Å²) < 4.78 is 1.75. The second kappa shape index (κ2) is 7.36. The molecular weight excluding hydrogens is 334 g/mol. The van der Waals surface area contributed by atoms with Crippen LogP contribution in [0.15, 0.2) is 64.0 Å². The molecule has 0 fully saturated rings. The molecule has 25 heavy (non-hydrogen) atoms. The van der Waals surface area contributed by atoms with Gasteiger partial charge in [0.2, 0.25) is 4.80 Å². The maximum Gasteiger partial charge on any atom is 0.206 e. The fraction of sp³-hybridized carbons (Fsp3) is 0.158. The molecule has 0 amide bonds. The van der Waals surface area contributed by atoms with Crippen molar-refractivity contribution < 1.29 is 10.2 Å². The van der Waals surface area contributed by atoms with Crippen LogP contribution in [-0.4, -0.2) is 27.1 Å². The van der Waals surface area contributed by atoms with Crippen molar-refractivity contribution in [2.75, 3.05) is 0 Å². The van der Waals surface area contributed by atoms with E-state index in [1.807, 2.05) is 49.6 Å². The zero-order valence-electron chi connectivity index (χ0n) is 14.0. The number of hydrogen-bond donors (Lipinski definition) is 2. The van der Waals surface area contributed by atoms with Crippen molar-refractivity contribution in [1.82, 2.24) is 4.68 Å². The number of aromatic hydroxyl groups is 2. The summed E-state index contributed by atoms with van der Waals surface area (Å²) in [6, 6.07) is 14.9. The van der Waals surface area contributed by atoms with Gasteiger partial charge in [-0.25, -0.2) is 4.68 Å². The van der Waals surface area contributed by atoms with Gasteiger partial charge in [0.05, 0.1) is 11.9 Å². The Balaban J connectivity index is 2.12. The van der Waals surface area contributed by atoms with Crippen molar-refractivity contribution in [3.8, 4) is 22.8 Å². The van der Waals surface area contributed by atoms with Gasteiger partial charge < -0.3 is 10.2 Å². The number of nitrogens with zero attached hydrogens (tertiary/aromatic N) is 3. The van der Waals surface area contributed by atoms with Gasteiger partial charge in [-0.15, -0.1) is 11.3 Å². The van der Waals surface area contributed by atoms with E-state index in [-0.39, 0.29) is 17.5 Å². The molecule has 0 radical (unpaired) electrons. The summed E-state index contributed by atoms with van der Waals surface area (Å²) >= 11 is 1.51. The minimum absolute atomic E-state index is 0.137. The van der Waals surface area contributed by atoms with Crippen molar-refractivity contribution in [3.63, 3.8) is 0 Å². The van der Waals surface area contributed by atoms with E-state index in [0.717, 1.165) is 16.1 Å². The standard InChI is InChI=1S/C19H19N3O2S/c1-13(2)21-19-22(16(12-25-19)14-7-4-3-5-8-14)20-11-15-9-6-10-17(23)18(15)24/h3-13,23-24H,1-2H3. The van der Waals surface area contributed by atoms with Crippen LogP contribution >= 0.6 is 11.3 Å². The first-order valence-electron chi connectivity index (χ1n) is 7.91. The van der Waals surface area contributed by atoms with Crippen LogP contribution in [0.4, 0.5) is 0 Å². The molecule has 0 spiro atoms. The Hall–Kier alpha value is -2.86. The minimum atomic E-state index is -0.189. The summed E-state index contributed by atoms with van der Waals surface area (Å²) in [5.74, 6) is -0.361. The number of phenolic OH excluding ortho intramolecular Hbond substituents is 2.